The molecule has 1 spiro atoms. The van der Waals surface area contributed by atoms with Crippen molar-refractivity contribution in [3.63, 3.8) is 0 Å². The number of methoxy groups -OCH3 is 2. The molecule has 28 heavy (non-hydrogen) atoms. The number of hydrogen-bond donors (Lipinski definition) is 0. The van der Waals surface area contributed by atoms with Crippen LogP contribution in [0.3, 0.4) is 0 Å². The summed E-state index contributed by atoms with van der Waals surface area (Å²) in [5.41, 5.74) is 4.63. The number of ether oxygens (including phenoxy) is 2. The van der Waals surface area contributed by atoms with Crippen LogP contribution in [0.5, 0.6) is 0 Å². The molecule has 0 radical (unpaired) electrons. The molecule has 0 fully saturated rings. The van der Waals surface area contributed by atoms with Crippen LogP contribution in [0.4, 0.5) is 0 Å². The second kappa shape index (κ2) is 5.84. The molecule has 0 N–H and O–H groups in total. The van der Waals surface area contributed by atoms with Gasteiger partial charge in [-0.05, 0) is 0 Å². The molecule has 0 aromatic heterocycles. The Hall–Kier alpha value is -2.82. The third-order valence-corrected chi connectivity index (χ3v) is 9.89. The van der Waals surface area contributed by atoms with Gasteiger partial charge in [-0.2, -0.15) is 0 Å². The van der Waals surface area contributed by atoms with Crippen molar-refractivity contribution in [2.24, 2.45) is 0 Å². The average Bonchev–Trinajstić information content (AvgIpc) is 3.02. The van der Waals surface area contributed by atoms with Crippen molar-refractivity contribution >= 4 is 25.8 Å². The van der Waals surface area contributed by atoms with Crippen molar-refractivity contribution in [2.75, 3.05) is 14.2 Å². The van der Waals surface area contributed by atoms with E-state index >= 15 is 0 Å². The van der Waals surface area contributed by atoms with Gasteiger partial charge >= 0.3 is 166 Å². The van der Waals surface area contributed by atoms with E-state index in [4.69, 9.17) is 9.47 Å². The first kappa shape index (κ1) is 17.3. The van der Waals surface area contributed by atoms with E-state index in [1.54, 1.807) is 0 Å². The Balaban J connectivity index is 1.92. The van der Waals surface area contributed by atoms with Gasteiger partial charge in [-0.1, -0.05) is 0 Å². The summed E-state index contributed by atoms with van der Waals surface area (Å²) in [7, 11) is 2.50. The molecule has 2 aromatic rings. The van der Waals surface area contributed by atoms with Crippen molar-refractivity contribution in [3.05, 3.63) is 92.5 Å². The summed E-state index contributed by atoms with van der Waals surface area (Å²) in [6, 6.07) is 15.7. The van der Waals surface area contributed by atoms with E-state index in [2.05, 4.69) is 0 Å². The van der Waals surface area contributed by atoms with Gasteiger partial charge in [0.25, 0.3) is 0 Å². The zero-order chi connectivity index (χ0) is 19.6. The summed E-state index contributed by atoms with van der Waals surface area (Å²) >= 11 is -3.11. The van der Waals surface area contributed by atoms with Gasteiger partial charge < -0.3 is 0 Å². The summed E-state index contributed by atoms with van der Waals surface area (Å²) in [5, 5.41) is 0. The second-order valence-corrected chi connectivity index (χ2v) is 10.1. The predicted molar refractivity (Wildman–Crippen MR) is 101 cm³/mol. The van der Waals surface area contributed by atoms with Crippen LogP contribution in [0.1, 0.15) is 28.2 Å². The van der Waals surface area contributed by atoms with Gasteiger partial charge in [0.1, 0.15) is 0 Å². The van der Waals surface area contributed by atoms with E-state index < -0.39 is 30.1 Å². The predicted octanol–water partition coefficient (Wildman–Crippen LogP) is 2.51. The number of esters is 2. The molecule has 6 rings (SSSR count). The van der Waals surface area contributed by atoms with Gasteiger partial charge in [0.2, 0.25) is 0 Å². The van der Waals surface area contributed by atoms with Gasteiger partial charge in [0.15, 0.2) is 0 Å². The number of hydrogen-bond acceptors (Lipinski definition) is 5. The van der Waals surface area contributed by atoms with E-state index in [1.807, 2.05) is 54.6 Å². The van der Waals surface area contributed by atoms with E-state index in [9.17, 15) is 13.4 Å². The fourth-order valence-corrected chi connectivity index (χ4v) is 9.07. The molecule has 2 aromatic carbocycles. The van der Waals surface area contributed by atoms with Crippen LogP contribution >= 0.6 is 0 Å². The molecule has 1 aliphatic heterocycles. The standard InChI is InChI=1S/C22H16O5Se/c1-26-20(23)18-17-11-14-12-7-3-5-9-15(12)22(17,16-10-6-4-8-13(14)16)28(25)19(18)21(24)27-2/h3-11,14H,1-2H3. The SMILES string of the molecule is COC(=O)C1=C(C(=O)OC)[Se](=O)C23C1=CC(c1ccccc12)c1ccccc13. The van der Waals surface area contributed by atoms with E-state index in [-0.39, 0.29) is 16.0 Å². The van der Waals surface area contributed by atoms with Crippen LogP contribution in [0, 0.1) is 0 Å². The summed E-state index contributed by atoms with van der Waals surface area (Å²) in [6.45, 7) is 0. The molecule has 1 heterocycles. The number of allylic oxidation sites excluding steroid dienone is 1. The Kier molecular flexibility index (Phi) is 3.60. The summed E-state index contributed by atoms with van der Waals surface area (Å²) in [6.07, 6.45) is 1.97. The van der Waals surface area contributed by atoms with Gasteiger partial charge in [-0.15, -0.1) is 0 Å². The number of rotatable bonds is 2. The maximum absolute atomic E-state index is 14.1. The zero-order valence-electron chi connectivity index (χ0n) is 15.2. The molecular weight excluding hydrogens is 423 g/mol. The Labute approximate surface area is 165 Å². The number of benzene rings is 2. The van der Waals surface area contributed by atoms with Crippen molar-refractivity contribution in [3.8, 4) is 0 Å². The molecule has 0 amide bonds. The third-order valence-electron chi connectivity index (χ3n) is 5.78. The molecule has 1 atom stereocenters. The number of carbonyl (C=O) groups excluding carboxylic acids is 2. The van der Waals surface area contributed by atoms with Gasteiger partial charge in [0, 0.05) is 0 Å². The topological polar surface area (TPSA) is 69.7 Å². The summed E-state index contributed by atoms with van der Waals surface area (Å²) in [4.78, 5) is 25.3. The molecule has 5 nitrogen and oxygen atoms in total. The van der Waals surface area contributed by atoms with Crippen LogP contribution in [-0.4, -0.2) is 40.0 Å². The van der Waals surface area contributed by atoms with Crippen LogP contribution < -0.4 is 0 Å². The maximum atomic E-state index is 14.1. The minimum absolute atomic E-state index is 0.0345. The molecule has 4 aliphatic rings. The molecule has 140 valence electrons. The number of carbonyl (C=O) groups is 2. The Morgan fingerprint density at radius 1 is 0.893 bits per heavy atom. The molecule has 0 saturated heterocycles. The van der Waals surface area contributed by atoms with Gasteiger partial charge in [-0.3, -0.25) is 0 Å². The first-order valence-corrected chi connectivity index (χ1v) is 11.2. The zero-order valence-corrected chi connectivity index (χ0v) is 16.9. The first-order chi connectivity index (χ1) is 13.6. The van der Waals surface area contributed by atoms with E-state index in [0.717, 1.165) is 22.3 Å². The first-order valence-electron chi connectivity index (χ1n) is 8.81. The quantitative estimate of drug-likeness (QED) is 0.532. The van der Waals surface area contributed by atoms with Crippen molar-refractivity contribution in [2.45, 2.75) is 10.2 Å². The Morgan fingerprint density at radius 3 is 1.96 bits per heavy atom. The van der Waals surface area contributed by atoms with Crippen LogP contribution in [0.15, 0.2) is 70.2 Å². The Bertz CT molecular complexity index is 1110. The minimum atomic E-state index is -3.11. The Morgan fingerprint density at radius 2 is 1.43 bits per heavy atom. The van der Waals surface area contributed by atoms with Crippen molar-refractivity contribution < 1.29 is 22.9 Å². The average molecular weight is 439 g/mol. The fraction of sp³-hybridized carbons (Fsp3) is 0.182. The van der Waals surface area contributed by atoms with Crippen LogP contribution in [0.25, 0.3) is 0 Å². The van der Waals surface area contributed by atoms with Crippen LogP contribution in [0.2, 0.25) is 0 Å². The van der Waals surface area contributed by atoms with Gasteiger partial charge in [0.05, 0.1) is 0 Å². The third kappa shape index (κ3) is 1.82. The summed E-state index contributed by atoms with van der Waals surface area (Å²) in [5.74, 6) is -1.46. The molecule has 6 heteroatoms. The van der Waals surface area contributed by atoms with Crippen molar-refractivity contribution in [1.29, 1.82) is 0 Å². The fourth-order valence-electron chi connectivity index (χ4n) is 4.75. The van der Waals surface area contributed by atoms with Crippen molar-refractivity contribution in [1.82, 2.24) is 0 Å². The van der Waals surface area contributed by atoms with Gasteiger partial charge in [-0.25, -0.2) is 0 Å². The monoisotopic (exact) mass is 440 g/mol. The molecular formula is C22H16O5Se. The molecule has 0 saturated carbocycles. The molecule has 3 aliphatic carbocycles. The van der Waals surface area contributed by atoms with E-state index in [1.165, 1.54) is 14.2 Å². The summed E-state index contributed by atoms with van der Waals surface area (Å²) < 4.78 is 22.9. The molecule has 2 bridgehead atoms. The normalized spacial score (nSPS) is 26.1. The second-order valence-electron chi connectivity index (χ2n) is 6.87. The van der Waals surface area contributed by atoms with E-state index in [0.29, 0.717) is 5.57 Å². The molecule has 1 unspecified atom stereocenters. The van der Waals surface area contributed by atoms with Crippen LogP contribution in [-0.2, 0) is 27.2 Å².